The normalized spacial score (nSPS) is 14.0. The lowest BCUT2D eigenvalue weighted by molar-refractivity contribution is -0.705. The highest BCUT2D eigenvalue weighted by Crippen LogP contribution is 2.40. The standard InChI is InChI=1S/C23H30ClN2O2.C4H5Cl/c1-6-16(13-22-25(9-4)18(7-2)20(8-3)27-22)14-23-26(10-5)19-15-17(24)11-12-21(19)28-23;1-3-4(2)5/h11-15H,6-10H2,1-5H3;3H,1-2H2/q+1;. The molecule has 33 heavy (non-hydrogen) atoms. The van der Waals surface area contributed by atoms with Crippen molar-refractivity contribution >= 4 is 35.0 Å². The molecule has 0 saturated carbocycles. The summed E-state index contributed by atoms with van der Waals surface area (Å²) in [5.41, 5.74) is 3.46. The minimum atomic E-state index is 0.491. The number of hydrogen-bond donors (Lipinski definition) is 0. The van der Waals surface area contributed by atoms with Gasteiger partial charge >= 0.3 is 5.89 Å². The molecule has 2 heterocycles. The number of hydrogen-bond acceptors (Lipinski definition) is 3. The Bertz CT molecular complexity index is 1050. The summed E-state index contributed by atoms with van der Waals surface area (Å²) in [6.07, 6.45) is 8.50. The number of rotatable bonds is 8. The summed E-state index contributed by atoms with van der Waals surface area (Å²) in [7, 11) is 0. The number of aryl methyl sites for hydroxylation is 1. The van der Waals surface area contributed by atoms with E-state index in [4.69, 9.17) is 32.4 Å². The molecule has 1 aromatic heterocycles. The van der Waals surface area contributed by atoms with Crippen LogP contribution in [-0.4, -0.2) is 6.54 Å². The first-order chi connectivity index (χ1) is 15.8. The third kappa shape index (κ3) is 6.55. The first-order valence-electron chi connectivity index (χ1n) is 11.5. The van der Waals surface area contributed by atoms with E-state index >= 15 is 0 Å². The van der Waals surface area contributed by atoms with Crippen LogP contribution in [0.25, 0.3) is 6.08 Å². The number of ether oxygens (including phenoxy) is 1. The molecule has 2 aromatic rings. The van der Waals surface area contributed by atoms with Crippen LogP contribution in [0.4, 0.5) is 5.69 Å². The summed E-state index contributed by atoms with van der Waals surface area (Å²) < 4.78 is 14.6. The third-order valence-corrected chi connectivity index (χ3v) is 5.76. The highest BCUT2D eigenvalue weighted by Gasteiger charge is 2.27. The van der Waals surface area contributed by atoms with Crippen molar-refractivity contribution in [1.29, 1.82) is 0 Å². The van der Waals surface area contributed by atoms with Gasteiger partial charge in [0.2, 0.25) is 11.6 Å². The van der Waals surface area contributed by atoms with Gasteiger partial charge in [0.05, 0.1) is 11.8 Å². The molecular weight excluding hydrogens is 455 g/mol. The summed E-state index contributed by atoms with van der Waals surface area (Å²) in [4.78, 5) is 2.15. The van der Waals surface area contributed by atoms with Gasteiger partial charge in [0.25, 0.3) is 0 Å². The second-order valence-electron chi connectivity index (χ2n) is 7.43. The van der Waals surface area contributed by atoms with Gasteiger partial charge in [-0.1, -0.05) is 63.2 Å². The average molecular weight is 490 g/mol. The van der Waals surface area contributed by atoms with Crippen LogP contribution < -0.4 is 14.2 Å². The first kappa shape index (κ1) is 26.8. The molecule has 4 nitrogen and oxygen atoms in total. The molecule has 6 heteroatoms. The van der Waals surface area contributed by atoms with Gasteiger partial charge in [-0.05, 0) is 44.0 Å². The maximum Gasteiger partial charge on any atom is 0.373 e. The minimum Gasteiger partial charge on any atom is -0.439 e. The van der Waals surface area contributed by atoms with Crippen molar-refractivity contribution in [2.24, 2.45) is 0 Å². The molecule has 0 atom stereocenters. The lowest BCUT2D eigenvalue weighted by Crippen LogP contribution is -2.37. The van der Waals surface area contributed by atoms with E-state index < -0.39 is 0 Å². The monoisotopic (exact) mass is 489 g/mol. The topological polar surface area (TPSA) is 29.5 Å². The van der Waals surface area contributed by atoms with Crippen molar-refractivity contribution in [1.82, 2.24) is 0 Å². The average Bonchev–Trinajstić information content (AvgIpc) is 3.34. The van der Waals surface area contributed by atoms with Crippen LogP contribution in [-0.2, 0) is 19.4 Å². The van der Waals surface area contributed by atoms with Crippen molar-refractivity contribution in [2.75, 3.05) is 11.4 Å². The van der Waals surface area contributed by atoms with Crippen LogP contribution in [0.2, 0.25) is 5.02 Å². The largest absolute Gasteiger partial charge is 0.439 e. The van der Waals surface area contributed by atoms with Gasteiger partial charge in [-0.25, -0.2) is 0 Å². The van der Waals surface area contributed by atoms with Crippen molar-refractivity contribution < 1.29 is 13.7 Å². The van der Waals surface area contributed by atoms with Gasteiger partial charge in [-0.15, -0.1) is 0 Å². The molecule has 178 valence electrons. The summed E-state index contributed by atoms with van der Waals surface area (Å²) in [5.74, 6) is 3.66. The number of fused-ring (bicyclic) bond motifs is 1. The summed E-state index contributed by atoms with van der Waals surface area (Å²) in [5, 5.41) is 1.21. The predicted molar refractivity (Wildman–Crippen MR) is 140 cm³/mol. The molecule has 0 aliphatic carbocycles. The van der Waals surface area contributed by atoms with E-state index in [0.717, 1.165) is 66.9 Å². The van der Waals surface area contributed by atoms with E-state index in [1.54, 1.807) is 0 Å². The minimum absolute atomic E-state index is 0.491. The fourth-order valence-electron chi connectivity index (χ4n) is 3.71. The van der Waals surface area contributed by atoms with E-state index in [-0.39, 0.29) is 0 Å². The smallest absolute Gasteiger partial charge is 0.373 e. The van der Waals surface area contributed by atoms with Crippen LogP contribution >= 0.6 is 23.2 Å². The Labute approximate surface area is 208 Å². The predicted octanol–water partition coefficient (Wildman–Crippen LogP) is 7.84. The van der Waals surface area contributed by atoms with Crippen molar-refractivity contribution in [3.8, 4) is 5.75 Å². The van der Waals surface area contributed by atoms with Gasteiger partial charge in [-0.3, -0.25) is 0 Å². The van der Waals surface area contributed by atoms with Crippen LogP contribution in [0.3, 0.4) is 0 Å². The molecule has 0 N–H and O–H groups in total. The number of benzene rings is 1. The van der Waals surface area contributed by atoms with Crippen molar-refractivity contribution in [3.63, 3.8) is 0 Å². The summed E-state index contributed by atoms with van der Waals surface area (Å²) in [6, 6.07) is 5.74. The number of allylic oxidation sites excluding steroid dienone is 4. The lowest BCUT2D eigenvalue weighted by Gasteiger charge is -2.16. The van der Waals surface area contributed by atoms with Gasteiger partial charge in [0.15, 0.2) is 11.5 Å². The maximum atomic E-state index is 6.19. The Morgan fingerprint density at radius 2 is 1.85 bits per heavy atom. The molecule has 3 rings (SSSR count). The molecule has 1 aromatic carbocycles. The number of oxazole rings is 1. The van der Waals surface area contributed by atoms with Crippen LogP contribution in [0.15, 0.2) is 64.4 Å². The highest BCUT2D eigenvalue weighted by atomic mass is 35.5. The van der Waals surface area contributed by atoms with Gasteiger partial charge < -0.3 is 14.1 Å². The zero-order valence-electron chi connectivity index (χ0n) is 20.4. The lowest BCUT2D eigenvalue weighted by atomic mass is 10.1. The van der Waals surface area contributed by atoms with Crippen LogP contribution in [0.1, 0.15) is 58.4 Å². The zero-order chi connectivity index (χ0) is 24.5. The van der Waals surface area contributed by atoms with Crippen LogP contribution in [0, 0.1) is 0 Å². The van der Waals surface area contributed by atoms with Crippen LogP contribution in [0.5, 0.6) is 5.75 Å². The van der Waals surface area contributed by atoms with E-state index in [2.05, 4.69) is 69.4 Å². The highest BCUT2D eigenvalue weighted by molar-refractivity contribution is 6.31. The van der Waals surface area contributed by atoms with E-state index in [0.29, 0.717) is 10.1 Å². The Morgan fingerprint density at radius 1 is 1.15 bits per heavy atom. The molecular formula is C27H35Cl2N2O2+. The fraction of sp³-hybridized carbons (Fsp3) is 0.370. The molecule has 0 spiro atoms. The van der Waals surface area contributed by atoms with Crippen molar-refractivity contribution in [3.05, 3.63) is 82.4 Å². The molecule has 0 fully saturated rings. The van der Waals surface area contributed by atoms with E-state index in [1.807, 2.05) is 18.2 Å². The Balaban J connectivity index is 0.000000696. The summed E-state index contributed by atoms with van der Waals surface area (Å²) >= 11 is 11.3. The van der Waals surface area contributed by atoms with E-state index in [9.17, 15) is 0 Å². The zero-order valence-corrected chi connectivity index (χ0v) is 21.9. The number of nitrogens with zero attached hydrogens (tertiary/aromatic N) is 2. The number of anilines is 1. The molecule has 1 aliphatic rings. The number of aromatic nitrogens is 1. The Hall–Kier alpha value is -2.43. The maximum absolute atomic E-state index is 6.19. The second kappa shape index (κ2) is 12.7. The number of halogens is 2. The molecule has 0 unspecified atom stereocenters. The Kier molecular flexibility index (Phi) is 10.3. The first-order valence-corrected chi connectivity index (χ1v) is 12.3. The van der Waals surface area contributed by atoms with Crippen molar-refractivity contribution in [2.45, 2.75) is 60.4 Å². The summed E-state index contributed by atoms with van der Waals surface area (Å²) in [6.45, 7) is 19.1. The van der Waals surface area contributed by atoms with Gasteiger partial charge in [0.1, 0.15) is 6.54 Å². The molecule has 1 aliphatic heterocycles. The van der Waals surface area contributed by atoms with Gasteiger partial charge in [-0.2, -0.15) is 4.57 Å². The molecule has 0 bridgehead atoms. The van der Waals surface area contributed by atoms with E-state index in [1.165, 1.54) is 11.8 Å². The fourth-order valence-corrected chi connectivity index (χ4v) is 3.88. The SMILES string of the molecule is C=CC(=C)Cl.CCC(=C/c1oc(CC)c(CC)[n+]1CC)/C=C1\Oc2ccc(Cl)cc2N1CC. The molecule has 0 saturated heterocycles. The Morgan fingerprint density at radius 3 is 2.36 bits per heavy atom. The quantitative estimate of drug-likeness (QED) is 0.279. The van der Waals surface area contributed by atoms with Gasteiger partial charge in [0, 0.05) is 35.5 Å². The third-order valence-electron chi connectivity index (χ3n) is 5.37. The molecule has 0 radical (unpaired) electrons. The molecule has 0 amide bonds. The second-order valence-corrected chi connectivity index (χ2v) is 8.35.